The average Bonchev–Trinajstić information content (AvgIpc) is 3.06. The summed E-state index contributed by atoms with van der Waals surface area (Å²) < 4.78 is 39.1. The third-order valence-corrected chi connectivity index (χ3v) is 7.86. The summed E-state index contributed by atoms with van der Waals surface area (Å²) in [6, 6.07) is 15.7. The fourth-order valence-electron chi connectivity index (χ4n) is 4.58. The van der Waals surface area contributed by atoms with E-state index in [9.17, 15) is 22.8 Å². The van der Waals surface area contributed by atoms with Crippen molar-refractivity contribution in [1.82, 2.24) is 20.6 Å². The van der Waals surface area contributed by atoms with Crippen LogP contribution in [0.1, 0.15) is 39.9 Å². The molecule has 2 aromatic carbocycles. The molecule has 0 bridgehead atoms. The van der Waals surface area contributed by atoms with E-state index < -0.39 is 15.7 Å². The highest BCUT2D eigenvalue weighted by atomic mass is 32.2. The SMILES string of the molecule is CS(=O)(=O)c1ncc(C(=O)NCCOCCOCCOCCNC(=O)CCC(=O)N2Cc3ccccc3C=Cc3ccccc32)cn1. The largest absolute Gasteiger partial charge is 0.377 e. The summed E-state index contributed by atoms with van der Waals surface area (Å²) in [7, 11) is -3.53. The van der Waals surface area contributed by atoms with Crippen molar-refractivity contribution in [2.45, 2.75) is 24.5 Å². The summed E-state index contributed by atoms with van der Waals surface area (Å²) in [5.74, 6) is -0.774. The monoisotopic (exact) mass is 665 g/mol. The molecule has 0 fully saturated rings. The summed E-state index contributed by atoms with van der Waals surface area (Å²) >= 11 is 0. The quantitative estimate of drug-likeness (QED) is 0.161. The lowest BCUT2D eigenvalue weighted by atomic mass is 10.0. The lowest BCUT2D eigenvalue weighted by Crippen LogP contribution is -2.33. The molecule has 1 aliphatic heterocycles. The second-order valence-corrected chi connectivity index (χ2v) is 12.4. The van der Waals surface area contributed by atoms with Crippen LogP contribution in [0, 0.1) is 0 Å². The molecule has 250 valence electrons. The Bertz CT molecular complexity index is 1650. The number of hydrogen-bond acceptors (Lipinski definition) is 10. The van der Waals surface area contributed by atoms with Gasteiger partial charge in [0.2, 0.25) is 26.8 Å². The van der Waals surface area contributed by atoms with Crippen molar-refractivity contribution in [2.75, 3.05) is 63.9 Å². The normalized spacial score (nSPS) is 12.4. The first-order valence-corrected chi connectivity index (χ1v) is 17.1. The van der Waals surface area contributed by atoms with Crippen molar-refractivity contribution in [3.8, 4) is 0 Å². The predicted molar refractivity (Wildman–Crippen MR) is 175 cm³/mol. The first-order valence-electron chi connectivity index (χ1n) is 15.2. The maximum atomic E-state index is 13.3. The molecule has 0 radical (unpaired) electrons. The number of nitrogens with one attached hydrogen (secondary N) is 2. The molecular formula is C33H39N5O8S. The Hall–Kier alpha value is -4.50. The van der Waals surface area contributed by atoms with Crippen LogP contribution < -0.4 is 15.5 Å². The molecule has 0 aliphatic carbocycles. The summed E-state index contributed by atoms with van der Waals surface area (Å²) in [6.07, 6.45) is 7.53. The first kappa shape index (κ1) is 35.4. The number of para-hydroxylation sites is 1. The molecule has 14 heteroatoms. The van der Waals surface area contributed by atoms with Crippen molar-refractivity contribution < 1.29 is 37.0 Å². The smallest absolute Gasteiger partial charge is 0.254 e. The van der Waals surface area contributed by atoms with Gasteiger partial charge in [0, 0.05) is 44.6 Å². The molecule has 2 N–H and O–H groups in total. The van der Waals surface area contributed by atoms with E-state index in [2.05, 4.69) is 26.7 Å². The predicted octanol–water partition coefficient (Wildman–Crippen LogP) is 2.27. The van der Waals surface area contributed by atoms with Crippen molar-refractivity contribution in [3.63, 3.8) is 0 Å². The van der Waals surface area contributed by atoms with Gasteiger partial charge in [0.15, 0.2) is 0 Å². The summed E-state index contributed by atoms with van der Waals surface area (Å²) in [4.78, 5) is 46.8. The van der Waals surface area contributed by atoms with Gasteiger partial charge < -0.3 is 29.7 Å². The minimum Gasteiger partial charge on any atom is -0.377 e. The summed E-state index contributed by atoms with van der Waals surface area (Å²) in [6.45, 7) is 2.92. The molecule has 3 aromatic rings. The van der Waals surface area contributed by atoms with E-state index in [0.717, 1.165) is 41.0 Å². The minimum atomic E-state index is -3.53. The fourth-order valence-corrected chi connectivity index (χ4v) is 5.07. The number of anilines is 1. The molecule has 0 saturated heterocycles. The highest BCUT2D eigenvalue weighted by molar-refractivity contribution is 7.90. The number of carbonyl (C=O) groups is 3. The number of carbonyl (C=O) groups excluding carboxylic acids is 3. The van der Waals surface area contributed by atoms with Gasteiger partial charge in [-0.3, -0.25) is 14.4 Å². The van der Waals surface area contributed by atoms with Crippen LogP contribution in [0.25, 0.3) is 12.2 Å². The number of ether oxygens (including phenoxy) is 3. The average molecular weight is 666 g/mol. The van der Waals surface area contributed by atoms with Gasteiger partial charge in [-0.05, 0) is 22.8 Å². The zero-order valence-electron chi connectivity index (χ0n) is 26.2. The Morgan fingerprint density at radius 1 is 0.766 bits per heavy atom. The Balaban J connectivity index is 1.01. The number of nitrogens with zero attached hydrogens (tertiary/aromatic N) is 3. The number of hydrogen-bond donors (Lipinski definition) is 2. The van der Waals surface area contributed by atoms with E-state index in [1.807, 2.05) is 54.6 Å². The molecule has 2 heterocycles. The first-order chi connectivity index (χ1) is 22.7. The molecule has 0 atom stereocenters. The van der Waals surface area contributed by atoms with Gasteiger partial charge in [-0.2, -0.15) is 0 Å². The third kappa shape index (κ3) is 11.4. The van der Waals surface area contributed by atoms with Crippen LogP contribution in [-0.2, 0) is 40.2 Å². The number of sulfone groups is 1. The number of rotatable bonds is 17. The maximum Gasteiger partial charge on any atom is 0.254 e. The standard InChI is InChI=1S/C33H39N5O8S/c1-47(42,43)33-36-22-28(23-37-33)32(41)35-15-17-45-19-21-46-20-18-44-16-14-34-30(39)12-13-31(40)38-24-27-8-3-2-6-25(27)10-11-26-7-4-5-9-29(26)38/h2-11,22-23H,12-21,24H2,1H3,(H,34,39)(H,35,41). The van der Waals surface area contributed by atoms with E-state index in [1.54, 1.807) is 4.90 Å². The number of benzene rings is 2. The Kier molecular flexibility index (Phi) is 13.5. The van der Waals surface area contributed by atoms with Gasteiger partial charge in [0.05, 0.1) is 57.4 Å². The van der Waals surface area contributed by atoms with Crippen molar-refractivity contribution in [2.24, 2.45) is 0 Å². The van der Waals surface area contributed by atoms with Crippen LogP contribution in [0.4, 0.5) is 5.69 Å². The van der Waals surface area contributed by atoms with Gasteiger partial charge in [-0.15, -0.1) is 0 Å². The molecule has 0 unspecified atom stereocenters. The van der Waals surface area contributed by atoms with Gasteiger partial charge in [-0.1, -0.05) is 54.6 Å². The van der Waals surface area contributed by atoms with Crippen molar-refractivity contribution in [1.29, 1.82) is 0 Å². The van der Waals surface area contributed by atoms with E-state index in [-0.39, 0.29) is 48.5 Å². The van der Waals surface area contributed by atoms with Gasteiger partial charge in [0.25, 0.3) is 5.91 Å². The zero-order valence-corrected chi connectivity index (χ0v) is 27.0. The molecule has 3 amide bonds. The minimum absolute atomic E-state index is 0.0780. The van der Waals surface area contributed by atoms with Crippen LogP contribution >= 0.6 is 0 Å². The van der Waals surface area contributed by atoms with Crippen LogP contribution in [0.5, 0.6) is 0 Å². The van der Waals surface area contributed by atoms with Crippen LogP contribution in [-0.4, -0.2) is 95.1 Å². The molecule has 0 spiro atoms. The van der Waals surface area contributed by atoms with E-state index >= 15 is 0 Å². The summed E-state index contributed by atoms with van der Waals surface area (Å²) in [5.41, 5.74) is 4.02. The third-order valence-electron chi connectivity index (χ3n) is 6.99. The zero-order chi connectivity index (χ0) is 33.5. The van der Waals surface area contributed by atoms with Crippen molar-refractivity contribution >= 4 is 45.4 Å². The van der Waals surface area contributed by atoms with Gasteiger partial charge in [0.1, 0.15) is 0 Å². The van der Waals surface area contributed by atoms with E-state index in [0.29, 0.717) is 46.1 Å². The topological polar surface area (TPSA) is 166 Å². The molecular weight excluding hydrogens is 626 g/mol. The molecule has 1 aliphatic rings. The Morgan fingerprint density at radius 2 is 1.34 bits per heavy atom. The lowest BCUT2D eigenvalue weighted by Gasteiger charge is -2.27. The second kappa shape index (κ2) is 18.0. The molecule has 0 saturated carbocycles. The number of amides is 3. The maximum absolute atomic E-state index is 13.3. The van der Waals surface area contributed by atoms with Gasteiger partial charge in [-0.25, -0.2) is 18.4 Å². The lowest BCUT2D eigenvalue weighted by molar-refractivity contribution is -0.125. The van der Waals surface area contributed by atoms with Crippen molar-refractivity contribution in [3.05, 3.63) is 83.2 Å². The molecule has 1 aromatic heterocycles. The Labute approximate surface area is 274 Å². The fraction of sp³-hybridized carbons (Fsp3) is 0.364. The van der Waals surface area contributed by atoms with Crippen LogP contribution in [0.15, 0.2) is 66.1 Å². The molecule has 4 rings (SSSR count). The van der Waals surface area contributed by atoms with E-state index in [4.69, 9.17) is 14.2 Å². The van der Waals surface area contributed by atoms with Crippen LogP contribution in [0.2, 0.25) is 0 Å². The Morgan fingerprint density at radius 3 is 2.02 bits per heavy atom. The second-order valence-electron chi connectivity index (χ2n) is 10.5. The number of aromatic nitrogens is 2. The van der Waals surface area contributed by atoms with Crippen LogP contribution in [0.3, 0.4) is 0 Å². The summed E-state index contributed by atoms with van der Waals surface area (Å²) in [5, 5.41) is 5.08. The highest BCUT2D eigenvalue weighted by Crippen LogP contribution is 2.29. The van der Waals surface area contributed by atoms with Gasteiger partial charge >= 0.3 is 0 Å². The highest BCUT2D eigenvalue weighted by Gasteiger charge is 2.21. The molecule has 47 heavy (non-hydrogen) atoms. The van der Waals surface area contributed by atoms with E-state index in [1.165, 1.54) is 0 Å². The number of fused-ring (bicyclic) bond motifs is 2. The molecule has 13 nitrogen and oxygen atoms in total.